The fourth-order valence-corrected chi connectivity index (χ4v) is 0.262. The summed E-state index contributed by atoms with van der Waals surface area (Å²) in [5.74, 6) is 0.600. The highest BCUT2D eigenvalue weighted by atomic mass is 15.3. The molecule has 0 N–H and O–H groups in total. The van der Waals surface area contributed by atoms with Crippen LogP contribution in [0.2, 0.25) is 0 Å². The van der Waals surface area contributed by atoms with Crippen LogP contribution in [0, 0.1) is 6.92 Å². The Bertz CT molecular complexity index is 140. The van der Waals surface area contributed by atoms with E-state index in [-0.39, 0.29) is 0 Å². The van der Waals surface area contributed by atoms with Gasteiger partial charge < -0.3 is 0 Å². The van der Waals surface area contributed by atoms with Crippen LogP contribution < -0.4 is 0 Å². The molecule has 0 saturated heterocycles. The first-order valence-electron chi connectivity index (χ1n) is 3.86. The Kier molecular flexibility index (Phi) is 13.4. The monoisotopic (exact) mass is 156 g/mol. The largest absolute Gasteiger partial charge is 0.170 e. The maximum atomic E-state index is 3.56. The quantitative estimate of drug-likeness (QED) is 0.572. The van der Waals surface area contributed by atoms with Gasteiger partial charge in [0.2, 0.25) is 0 Å². The van der Waals surface area contributed by atoms with E-state index in [0.29, 0.717) is 5.82 Å². The third-order valence-electron chi connectivity index (χ3n) is 0.508. The smallest absolute Gasteiger partial charge is 0.135 e. The van der Waals surface area contributed by atoms with Gasteiger partial charge in [-0.3, -0.25) is 0 Å². The lowest BCUT2D eigenvalue weighted by molar-refractivity contribution is 0.806. The molecule has 4 heteroatoms. The first-order chi connectivity index (χ1) is 5.39. The zero-order valence-electron chi connectivity index (χ0n) is 7.87. The van der Waals surface area contributed by atoms with Crippen molar-refractivity contribution in [3.63, 3.8) is 0 Å². The van der Waals surface area contributed by atoms with Crippen molar-refractivity contribution in [3.05, 3.63) is 12.2 Å². The summed E-state index contributed by atoms with van der Waals surface area (Å²) in [7, 11) is 0. The van der Waals surface area contributed by atoms with Crippen molar-refractivity contribution in [3.8, 4) is 0 Å². The second-order valence-electron chi connectivity index (χ2n) is 1.09. The highest BCUT2D eigenvalue weighted by Crippen LogP contribution is 1.69. The first-order valence-corrected chi connectivity index (χ1v) is 3.86. The van der Waals surface area contributed by atoms with Gasteiger partial charge in [-0.15, -0.1) is 20.4 Å². The molecule has 0 aromatic carbocycles. The fourth-order valence-electron chi connectivity index (χ4n) is 0.262. The van der Waals surface area contributed by atoms with Gasteiger partial charge in [0.05, 0.1) is 0 Å². The molecule has 0 radical (unpaired) electrons. The molecule has 4 nitrogen and oxygen atoms in total. The predicted octanol–water partition coefficient (Wildman–Crippen LogP) is 1.63. The summed E-state index contributed by atoms with van der Waals surface area (Å²) in [6.45, 7) is 9.74. The maximum Gasteiger partial charge on any atom is 0.170 e. The van der Waals surface area contributed by atoms with Crippen LogP contribution in [0.25, 0.3) is 0 Å². The molecule has 0 bridgehead atoms. The van der Waals surface area contributed by atoms with E-state index in [1.54, 1.807) is 6.92 Å². The van der Waals surface area contributed by atoms with Gasteiger partial charge in [0.15, 0.2) is 12.2 Å². The summed E-state index contributed by atoms with van der Waals surface area (Å²) in [6.07, 6.45) is 1.30. The molecule has 64 valence electrons. The topological polar surface area (TPSA) is 51.6 Å². The molecule has 1 aromatic rings. The minimum absolute atomic E-state index is 0.600. The van der Waals surface area contributed by atoms with Crippen molar-refractivity contribution < 1.29 is 0 Å². The minimum atomic E-state index is 0.600. The van der Waals surface area contributed by atoms with E-state index < -0.39 is 0 Å². The number of hydrogen-bond acceptors (Lipinski definition) is 4. The van der Waals surface area contributed by atoms with Crippen molar-refractivity contribution in [1.82, 2.24) is 20.4 Å². The Hall–Kier alpha value is -1.06. The van der Waals surface area contributed by atoms with Gasteiger partial charge in [-0.1, -0.05) is 27.7 Å². The standard InChI is InChI=1S/C3H4N4.2C2H6/c1-3-6-4-2-5-7-3;2*1-2/h2H,1H3;2*1-2H3. The van der Waals surface area contributed by atoms with Gasteiger partial charge >= 0.3 is 0 Å². The molecule has 1 rings (SSSR count). The zero-order valence-corrected chi connectivity index (χ0v) is 7.87. The van der Waals surface area contributed by atoms with Gasteiger partial charge in [-0.2, -0.15) is 0 Å². The number of nitrogens with zero attached hydrogens (tertiary/aromatic N) is 4. The molecular formula is C7H16N4. The van der Waals surface area contributed by atoms with Crippen LogP contribution >= 0.6 is 0 Å². The summed E-state index contributed by atoms with van der Waals surface area (Å²) in [6, 6.07) is 0. The molecule has 1 aromatic heterocycles. The number of hydrogen-bond donors (Lipinski definition) is 0. The second-order valence-corrected chi connectivity index (χ2v) is 1.09. The number of aromatic nitrogens is 4. The normalized spacial score (nSPS) is 6.64. The van der Waals surface area contributed by atoms with Gasteiger partial charge in [-0.05, 0) is 6.92 Å². The van der Waals surface area contributed by atoms with E-state index in [0.717, 1.165) is 0 Å². The van der Waals surface area contributed by atoms with Crippen molar-refractivity contribution in [2.45, 2.75) is 34.6 Å². The Balaban J connectivity index is 0. The van der Waals surface area contributed by atoms with E-state index in [1.165, 1.54) is 6.33 Å². The molecule has 0 saturated carbocycles. The van der Waals surface area contributed by atoms with Crippen LogP contribution in [-0.2, 0) is 0 Å². The predicted molar refractivity (Wildman–Crippen MR) is 45.1 cm³/mol. The molecule has 1 heterocycles. The summed E-state index contributed by atoms with van der Waals surface area (Å²) < 4.78 is 0. The maximum absolute atomic E-state index is 3.56. The summed E-state index contributed by atoms with van der Waals surface area (Å²) in [5.41, 5.74) is 0. The molecule has 0 aliphatic rings. The molecule has 0 spiro atoms. The Morgan fingerprint density at radius 2 is 1.27 bits per heavy atom. The highest BCUT2D eigenvalue weighted by Gasteiger charge is 1.77. The van der Waals surface area contributed by atoms with Crippen molar-refractivity contribution in [2.75, 3.05) is 0 Å². The van der Waals surface area contributed by atoms with Crippen molar-refractivity contribution in [2.24, 2.45) is 0 Å². The van der Waals surface area contributed by atoms with E-state index in [4.69, 9.17) is 0 Å². The average molecular weight is 156 g/mol. The zero-order chi connectivity index (χ0) is 9.11. The van der Waals surface area contributed by atoms with E-state index in [2.05, 4.69) is 20.4 Å². The van der Waals surface area contributed by atoms with E-state index in [1.807, 2.05) is 27.7 Å². The summed E-state index contributed by atoms with van der Waals surface area (Å²) >= 11 is 0. The van der Waals surface area contributed by atoms with Crippen LogP contribution in [0.15, 0.2) is 6.33 Å². The molecule has 0 amide bonds. The van der Waals surface area contributed by atoms with Crippen LogP contribution in [0.4, 0.5) is 0 Å². The summed E-state index contributed by atoms with van der Waals surface area (Å²) in [4.78, 5) is 0. The van der Waals surface area contributed by atoms with Crippen LogP contribution in [-0.4, -0.2) is 20.4 Å². The lowest BCUT2D eigenvalue weighted by Crippen LogP contribution is -1.90. The Morgan fingerprint density at radius 1 is 0.909 bits per heavy atom. The molecule has 0 fully saturated rings. The molecule has 11 heavy (non-hydrogen) atoms. The number of aryl methyl sites for hydroxylation is 1. The van der Waals surface area contributed by atoms with Crippen LogP contribution in [0.3, 0.4) is 0 Å². The second kappa shape index (κ2) is 11.7. The summed E-state index contributed by atoms with van der Waals surface area (Å²) in [5, 5.41) is 14.0. The lowest BCUT2D eigenvalue weighted by Gasteiger charge is -1.78. The van der Waals surface area contributed by atoms with Crippen molar-refractivity contribution >= 4 is 0 Å². The third kappa shape index (κ3) is 8.94. The van der Waals surface area contributed by atoms with Crippen molar-refractivity contribution in [1.29, 1.82) is 0 Å². The number of rotatable bonds is 0. The molecule has 0 unspecified atom stereocenters. The SMILES string of the molecule is CC.CC.Cc1nncnn1. The van der Waals surface area contributed by atoms with Crippen LogP contribution in [0.1, 0.15) is 33.5 Å². The third-order valence-corrected chi connectivity index (χ3v) is 0.508. The average Bonchev–Trinajstić information content (AvgIpc) is 2.13. The molecule has 0 aliphatic carbocycles. The van der Waals surface area contributed by atoms with E-state index >= 15 is 0 Å². The van der Waals surface area contributed by atoms with E-state index in [9.17, 15) is 0 Å². The van der Waals surface area contributed by atoms with Gasteiger partial charge in [0.25, 0.3) is 0 Å². The van der Waals surface area contributed by atoms with Gasteiger partial charge in [0.1, 0.15) is 0 Å². The van der Waals surface area contributed by atoms with Gasteiger partial charge in [0, 0.05) is 0 Å². The molecule has 0 aliphatic heterocycles. The highest BCUT2D eigenvalue weighted by molar-refractivity contribution is 4.65. The Labute approximate surface area is 68.1 Å². The van der Waals surface area contributed by atoms with Gasteiger partial charge in [-0.25, -0.2) is 0 Å². The van der Waals surface area contributed by atoms with Crippen LogP contribution in [0.5, 0.6) is 0 Å². The lowest BCUT2D eigenvalue weighted by atomic mass is 10.8. The minimum Gasteiger partial charge on any atom is -0.135 e. The Morgan fingerprint density at radius 3 is 1.45 bits per heavy atom. The first kappa shape index (κ1) is 12.6. The fraction of sp³-hybridized carbons (Fsp3) is 0.714. The molecular weight excluding hydrogens is 140 g/mol. The molecule has 0 atom stereocenters.